The second kappa shape index (κ2) is 10.1. The monoisotopic (exact) mass is 648 g/mol. The number of carboxylic acids is 1. The van der Waals surface area contributed by atoms with Gasteiger partial charge in [-0.25, -0.2) is 0 Å². The molecule has 0 spiro atoms. The van der Waals surface area contributed by atoms with Crippen molar-refractivity contribution in [2.45, 2.75) is 63.3 Å². The fourth-order valence-electron chi connectivity index (χ4n) is 7.21. The summed E-state index contributed by atoms with van der Waals surface area (Å²) in [6.45, 7) is 2.85. The number of ether oxygens (including phenoxy) is 3. The van der Waals surface area contributed by atoms with Crippen molar-refractivity contribution in [1.82, 2.24) is 0 Å². The van der Waals surface area contributed by atoms with Crippen molar-refractivity contribution in [3.63, 3.8) is 0 Å². The van der Waals surface area contributed by atoms with Gasteiger partial charge in [0, 0.05) is 27.8 Å². The Morgan fingerprint density at radius 1 is 0.766 bits per heavy atom. The zero-order chi connectivity index (χ0) is 34.0. The lowest BCUT2D eigenvalue weighted by Crippen LogP contribution is -2.40. The summed E-state index contributed by atoms with van der Waals surface area (Å²) in [7, 11) is 0. The highest BCUT2D eigenvalue weighted by molar-refractivity contribution is 6.07. The largest absolute Gasteiger partial charge is 0.507 e. The molecule has 0 amide bonds. The number of rotatable bonds is 3. The van der Waals surface area contributed by atoms with Crippen molar-refractivity contribution < 1.29 is 54.4 Å². The highest BCUT2D eigenvalue weighted by atomic mass is 16.6. The van der Waals surface area contributed by atoms with Gasteiger partial charge in [-0.2, -0.15) is 0 Å². The van der Waals surface area contributed by atoms with Gasteiger partial charge in [0.05, 0.1) is 57.9 Å². The van der Waals surface area contributed by atoms with Gasteiger partial charge in [-0.1, -0.05) is 0 Å². The summed E-state index contributed by atoms with van der Waals surface area (Å²) in [6.07, 6.45) is -8.45. The number of carbonyl (C=O) groups is 2. The molecule has 0 aromatic heterocycles. The highest BCUT2D eigenvalue weighted by Crippen LogP contribution is 2.56. The molecule has 1 fully saturated rings. The molecule has 15 nitrogen and oxygen atoms in total. The standard InChI is InChI=1S/C32H24O15/c1-7-17-21(27(40)13(45-7)5-15(35)36)30(43)22-19(28(17)41)11(33)3-9(25(22)38)10-4-12(34)20-23(26(10)39)31(44)24-18(29(20)42)8(2)46-14-6-16(37)47-32(14)24/h3-4,7-8,13-14,27,32-33,38,40-41,43H,5-6H2,1-2H3,(H,35,36). The molecule has 5 aliphatic rings. The van der Waals surface area contributed by atoms with E-state index in [0.29, 0.717) is 6.07 Å². The molecule has 3 aliphatic heterocycles. The van der Waals surface area contributed by atoms with Crippen LogP contribution >= 0.6 is 0 Å². The van der Waals surface area contributed by atoms with Crippen LogP contribution in [0.3, 0.4) is 0 Å². The van der Waals surface area contributed by atoms with Crippen molar-refractivity contribution in [2.75, 3.05) is 0 Å². The summed E-state index contributed by atoms with van der Waals surface area (Å²) >= 11 is 0. The fourth-order valence-corrected chi connectivity index (χ4v) is 7.21. The predicted octanol–water partition coefficient (Wildman–Crippen LogP) is 0.786. The van der Waals surface area contributed by atoms with Gasteiger partial charge >= 0.3 is 11.9 Å². The van der Waals surface area contributed by atoms with E-state index >= 15 is 0 Å². The van der Waals surface area contributed by atoms with Crippen LogP contribution in [0, 0.1) is 10.4 Å². The van der Waals surface area contributed by atoms with E-state index < -0.39 is 138 Å². The Morgan fingerprint density at radius 3 is 2.09 bits per heavy atom. The maximum absolute atomic E-state index is 14.0. The van der Waals surface area contributed by atoms with Gasteiger partial charge < -0.3 is 44.8 Å². The number of carbonyl (C=O) groups excluding carboxylic acids is 1. The van der Waals surface area contributed by atoms with Crippen LogP contribution < -0.4 is 21.7 Å². The van der Waals surface area contributed by atoms with Gasteiger partial charge in [0.25, 0.3) is 0 Å². The number of phenolic OH excluding ortho intramolecular Hbond substituents is 4. The van der Waals surface area contributed by atoms with Crippen molar-refractivity contribution >= 4 is 22.7 Å². The third-order valence-electron chi connectivity index (χ3n) is 9.16. The topological polar surface area (TPSA) is 251 Å². The molecule has 47 heavy (non-hydrogen) atoms. The smallest absolute Gasteiger partial charge is 0.309 e. The molecule has 6 N–H and O–H groups in total. The Balaban J connectivity index is 1.54. The lowest BCUT2D eigenvalue weighted by Gasteiger charge is -2.35. The van der Waals surface area contributed by atoms with E-state index in [1.165, 1.54) is 13.8 Å². The fraction of sp³-hybridized carbons (Fsp3) is 0.312. The zero-order valence-corrected chi connectivity index (χ0v) is 24.4. The molecule has 0 bridgehead atoms. The molecule has 0 radical (unpaired) electrons. The Hall–Kier alpha value is -5.38. The molecule has 7 rings (SSSR count). The van der Waals surface area contributed by atoms with E-state index in [2.05, 4.69) is 0 Å². The quantitative estimate of drug-likeness (QED) is 0.133. The maximum atomic E-state index is 14.0. The van der Waals surface area contributed by atoms with Crippen LogP contribution in [-0.4, -0.2) is 54.8 Å². The Labute approximate surface area is 260 Å². The lowest BCUT2D eigenvalue weighted by atomic mass is 9.85. The van der Waals surface area contributed by atoms with E-state index in [1.807, 2.05) is 0 Å². The number of aromatic hydroxyl groups is 4. The van der Waals surface area contributed by atoms with Crippen molar-refractivity contribution in [2.24, 2.45) is 0 Å². The predicted molar refractivity (Wildman–Crippen MR) is 156 cm³/mol. The van der Waals surface area contributed by atoms with E-state index in [-0.39, 0.29) is 23.1 Å². The normalized spacial score (nSPS) is 25.0. The number of aliphatic hydroxyl groups is 1. The first-order chi connectivity index (χ1) is 22.1. The molecule has 2 aliphatic carbocycles. The Kier molecular flexibility index (Phi) is 6.48. The second-order valence-electron chi connectivity index (χ2n) is 11.8. The lowest BCUT2D eigenvalue weighted by molar-refractivity contribution is -0.148. The Morgan fingerprint density at radius 2 is 1.40 bits per heavy atom. The van der Waals surface area contributed by atoms with Gasteiger partial charge in [0.15, 0.2) is 27.8 Å². The van der Waals surface area contributed by atoms with Gasteiger partial charge in [0.1, 0.15) is 35.2 Å². The molecule has 6 atom stereocenters. The molecule has 0 saturated carbocycles. The van der Waals surface area contributed by atoms with Crippen LogP contribution in [0.5, 0.6) is 23.0 Å². The number of aliphatic hydroxyl groups excluding tert-OH is 1. The van der Waals surface area contributed by atoms with E-state index in [9.17, 15) is 59.4 Å². The highest BCUT2D eigenvalue weighted by Gasteiger charge is 2.46. The minimum atomic E-state index is -1.83. The SMILES string of the molecule is CC1OC(CC(=O)O)C(O)c2c1c(O)c1c(O)cc(-c3cc(=O)c4c(=O)c5c(c(=O)c=4c3=O)C3OC(=O)CC3OC5C)c(O)c1c2O. The number of carboxylic acid groups (broad SMARTS) is 1. The van der Waals surface area contributed by atoms with E-state index in [0.717, 1.165) is 6.07 Å². The van der Waals surface area contributed by atoms with E-state index in [4.69, 9.17) is 14.2 Å². The summed E-state index contributed by atoms with van der Waals surface area (Å²) in [5.74, 6) is -5.44. The van der Waals surface area contributed by atoms with Crippen molar-refractivity contribution in [1.29, 1.82) is 0 Å². The summed E-state index contributed by atoms with van der Waals surface area (Å²) in [4.78, 5) is 78.2. The molecule has 3 heterocycles. The molecule has 6 unspecified atom stereocenters. The number of hydrogen-bond donors (Lipinski definition) is 6. The molecule has 2 aromatic rings. The summed E-state index contributed by atoms with van der Waals surface area (Å²) < 4.78 is 16.5. The van der Waals surface area contributed by atoms with Gasteiger partial charge in [-0.05, 0) is 26.0 Å². The number of esters is 1. The molecule has 1 saturated heterocycles. The van der Waals surface area contributed by atoms with Crippen LogP contribution in [0.15, 0.2) is 31.3 Å². The molecule has 242 valence electrons. The number of phenols is 4. The first kappa shape index (κ1) is 30.3. The van der Waals surface area contributed by atoms with Gasteiger partial charge in [-0.3, -0.25) is 28.8 Å². The van der Waals surface area contributed by atoms with Crippen LogP contribution in [0.2, 0.25) is 0 Å². The number of aliphatic carboxylic acids is 1. The third kappa shape index (κ3) is 4.03. The van der Waals surface area contributed by atoms with Crippen LogP contribution in [0.25, 0.3) is 21.9 Å². The van der Waals surface area contributed by atoms with E-state index in [1.54, 1.807) is 0 Å². The summed E-state index contributed by atoms with van der Waals surface area (Å²) in [6, 6.07) is 1.48. The summed E-state index contributed by atoms with van der Waals surface area (Å²) in [5.41, 5.74) is -6.70. The molecular weight excluding hydrogens is 624 g/mol. The first-order valence-electron chi connectivity index (χ1n) is 14.4. The van der Waals surface area contributed by atoms with Gasteiger partial charge in [0.2, 0.25) is 0 Å². The number of fused-ring (bicyclic) bond motifs is 5. The van der Waals surface area contributed by atoms with Crippen LogP contribution in [0.1, 0.15) is 73.4 Å². The minimum absolute atomic E-state index is 0.198. The van der Waals surface area contributed by atoms with Crippen molar-refractivity contribution in [3.05, 3.63) is 85.7 Å². The second-order valence-corrected chi connectivity index (χ2v) is 11.8. The average molecular weight is 649 g/mol. The Bertz CT molecular complexity index is 2390. The van der Waals surface area contributed by atoms with Crippen LogP contribution in [-0.2, 0) is 23.8 Å². The summed E-state index contributed by atoms with van der Waals surface area (Å²) in [5, 5.41) is 62.4. The minimum Gasteiger partial charge on any atom is -0.507 e. The van der Waals surface area contributed by atoms with Crippen LogP contribution in [0.4, 0.5) is 0 Å². The van der Waals surface area contributed by atoms with Gasteiger partial charge in [-0.15, -0.1) is 0 Å². The van der Waals surface area contributed by atoms with Crippen molar-refractivity contribution in [3.8, 4) is 34.1 Å². The number of hydrogen-bond acceptors (Lipinski definition) is 14. The number of benzene rings is 2. The third-order valence-corrected chi connectivity index (χ3v) is 9.16. The first-order valence-corrected chi connectivity index (χ1v) is 14.4. The molecular formula is C32H24O15. The zero-order valence-electron chi connectivity index (χ0n) is 24.4. The molecule has 2 aromatic carbocycles. The average Bonchev–Trinajstić information content (AvgIpc) is 3.36. The maximum Gasteiger partial charge on any atom is 0.309 e. The molecule has 15 heteroatoms.